The Labute approximate surface area is 275 Å². The standard InChI is InChI=1S/C25H25F9N6S.C6H9N/c1-4-20-21(37-13(2)41-20)19-6-5-16(23(26,27)28)9-15(19)12-40(22(35)38-39(3)36)11-14-7-17(24(29,30)31)10-18(8-14)25(32,33)34;1-2-7-5-3-4-6-7/h5-10H,4,11-12,36H2,1-3H3,(H2,35,38);3-6H,2H2,1H3. The van der Waals surface area contributed by atoms with Crippen molar-refractivity contribution in [2.24, 2.45) is 16.7 Å². The minimum absolute atomic E-state index is 0.0145. The molecule has 0 aliphatic heterocycles. The van der Waals surface area contributed by atoms with E-state index in [2.05, 4.69) is 34.0 Å². The fourth-order valence-corrected chi connectivity index (χ4v) is 5.50. The van der Waals surface area contributed by atoms with Crippen molar-refractivity contribution in [2.75, 3.05) is 7.05 Å². The maximum Gasteiger partial charge on any atom is 0.416 e. The van der Waals surface area contributed by atoms with E-state index in [1.807, 2.05) is 19.1 Å². The van der Waals surface area contributed by atoms with Gasteiger partial charge in [0.2, 0.25) is 5.96 Å². The number of nitrogens with two attached hydrogens (primary N) is 2. The summed E-state index contributed by atoms with van der Waals surface area (Å²) >= 11 is 1.34. The van der Waals surface area contributed by atoms with Crippen LogP contribution >= 0.6 is 11.3 Å². The molecule has 17 heteroatoms. The smallest absolute Gasteiger partial charge is 0.368 e. The van der Waals surface area contributed by atoms with Crippen LogP contribution in [0.25, 0.3) is 11.3 Å². The average Bonchev–Trinajstić information content (AvgIpc) is 3.64. The number of hydrogen-bond donors (Lipinski definition) is 2. The van der Waals surface area contributed by atoms with Crippen molar-refractivity contribution in [3.05, 3.63) is 98.6 Å². The number of aromatic nitrogens is 2. The Hall–Kier alpha value is -4.25. The molecule has 0 spiro atoms. The van der Waals surface area contributed by atoms with E-state index < -0.39 is 59.8 Å². The summed E-state index contributed by atoms with van der Waals surface area (Å²) in [7, 11) is 1.25. The topological polar surface area (TPSA) is 88.7 Å². The molecule has 4 rings (SSSR count). The van der Waals surface area contributed by atoms with Gasteiger partial charge in [0.15, 0.2) is 0 Å². The van der Waals surface area contributed by atoms with Crippen LogP contribution in [0.5, 0.6) is 0 Å². The molecule has 0 aliphatic rings. The van der Waals surface area contributed by atoms with E-state index in [1.165, 1.54) is 24.5 Å². The third kappa shape index (κ3) is 10.4. The lowest BCUT2D eigenvalue weighted by Gasteiger charge is -2.27. The number of hydrogen-bond acceptors (Lipinski definition) is 5. The van der Waals surface area contributed by atoms with Gasteiger partial charge in [-0.3, -0.25) is 0 Å². The monoisotopic (exact) mass is 707 g/mol. The van der Waals surface area contributed by atoms with Crippen molar-refractivity contribution in [2.45, 2.75) is 65.4 Å². The number of halogens is 9. The van der Waals surface area contributed by atoms with Gasteiger partial charge in [-0.15, -0.1) is 16.4 Å². The molecule has 0 aliphatic carbocycles. The van der Waals surface area contributed by atoms with Gasteiger partial charge >= 0.3 is 18.5 Å². The molecule has 0 unspecified atom stereocenters. The minimum Gasteiger partial charge on any atom is -0.368 e. The SMILES string of the molecule is CCc1sc(C)nc1-c1ccc(C(F)(F)F)cc1CN(Cc1cc(C(F)(F)F)cc(C(F)(F)F)c1)/C(N)=N/N(C)N.CCn1cccc1. The van der Waals surface area contributed by atoms with Crippen LogP contribution in [0.1, 0.15) is 51.5 Å². The Morgan fingerprint density at radius 1 is 0.854 bits per heavy atom. The summed E-state index contributed by atoms with van der Waals surface area (Å²) in [5.41, 5.74) is 2.12. The Bertz CT molecular complexity index is 1640. The number of alkyl halides is 9. The van der Waals surface area contributed by atoms with Crippen molar-refractivity contribution < 1.29 is 39.5 Å². The second-order valence-electron chi connectivity index (χ2n) is 10.5. The lowest BCUT2D eigenvalue weighted by atomic mass is 9.99. The number of guanidine groups is 1. The van der Waals surface area contributed by atoms with Crippen LogP contribution in [0.2, 0.25) is 0 Å². The number of nitrogens with zero attached hydrogens (tertiary/aromatic N) is 5. The zero-order valence-electron chi connectivity index (χ0n) is 26.3. The molecule has 7 nitrogen and oxygen atoms in total. The van der Waals surface area contributed by atoms with E-state index >= 15 is 0 Å². The Kier molecular flexibility index (Phi) is 12.2. The molecule has 0 saturated heterocycles. The molecule has 0 atom stereocenters. The zero-order chi connectivity index (χ0) is 36.0. The number of hydrazone groups is 1. The first-order valence-corrected chi connectivity index (χ1v) is 15.2. The van der Waals surface area contributed by atoms with E-state index in [4.69, 9.17) is 11.6 Å². The Balaban J connectivity index is 0.000000789. The van der Waals surface area contributed by atoms with E-state index in [1.54, 1.807) is 6.92 Å². The second-order valence-corrected chi connectivity index (χ2v) is 11.8. The molecule has 4 N–H and O–H groups in total. The van der Waals surface area contributed by atoms with Crippen molar-refractivity contribution in [3.63, 3.8) is 0 Å². The van der Waals surface area contributed by atoms with Gasteiger partial charge < -0.3 is 15.2 Å². The molecule has 0 saturated carbocycles. The lowest BCUT2D eigenvalue weighted by Crippen LogP contribution is -2.39. The Morgan fingerprint density at radius 2 is 1.42 bits per heavy atom. The van der Waals surface area contributed by atoms with Crippen LogP contribution in [0.3, 0.4) is 0 Å². The van der Waals surface area contributed by atoms with Crippen LogP contribution in [0, 0.1) is 6.92 Å². The summed E-state index contributed by atoms with van der Waals surface area (Å²) < 4.78 is 124. The normalized spacial score (nSPS) is 12.5. The van der Waals surface area contributed by atoms with Gasteiger partial charge in [0, 0.05) is 49.5 Å². The molecule has 0 bridgehead atoms. The molecule has 2 heterocycles. The van der Waals surface area contributed by atoms with E-state index in [0.29, 0.717) is 29.3 Å². The zero-order valence-corrected chi connectivity index (χ0v) is 27.1. The summed E-state index contributed by atoms with van der Waals surface area (Å²) in [4.78, 5) is 6.25. The predicted molar refractivity (Wildman–Crippen MR) is 166 cm³/mol. The maximum absolute atomic E-state index is 13.7. The number of aryl methyl sites for hydroxylation is 3. The second kappa shape index (κ2) is 15.3. The first-order chi connectivity index (χ1) is 22.2. The van der Waals surface area contributed by atoms with E-state index in [-0.39, 0.29) is 17.2 Å². The van der Waals surface area contributed by atoms with Gasteiger partial charge in [0.1, 0.15) is 0 Å². The van der Waals surface area contributed by atoms with Gasteiger partial charge in [0.25, 0.3) is 0 Å². The summed E-state index contributed by atoms with van der Waals surface area (Å²) in [6, 6.07) is 7.97. The molecular weight excluding hydrogens is 673 g/mol. The van der Waals surface area contributed by atoms with Gasteiger partial charge in [-0.25, -0.2) is 15.9 Å². The van der Waals surface area contributed by atoms with Crippen LogP contribution in [-0.4, -0.2) is 32.6 Å². The van der Waals surface area contributed by atoms with Crippen molar-refractivity contribution in [1.82, 2.24) is 19.6 Å². The highest BCUT2D eigenvalue weighted by atomic mass is 32.1. The van der Waals surface area contributed by atoms with Crippen LogP contribution in [0.4, 0.5) is 39.5 Å². The fraction of sp³-hybridized carbons (Fsp3) is 0.355. The third-order valence-corrected chi connectivity index (χ3v) is 7.93. The third-order valence-electron chi connectivity index (χ3n) is 6.81. The fourth-order valence-electron chi connectivity index (χ4n) is 4.61. The summed E-state index contributed by atoms with van der Waals surface area (Å²) in [5, 5.41) is 5.16. The van der Waals surface area contributed by atoms with Crippen molar-refractivity contribution >= 4 is 17.3 Å². The van der Waals surface area contributed by atoms with Crippen LogP contribution in [0.15, 0.2) is 66.0 Å². The van der Waals surface area contributed by atoms with Crippen LogP contribution in [-0.2, 0) is 44.6 Å². The summed E-state index contributed by atoms with van der Waals surface area (Å²) in [5.74, 6) is 5.04. The van der Waals surface area contributed by atoms with Gasteiger partial charge in [0.05, 0.1) is 27.4 Å². The molecule has 48 heavy (non-hydrogen) atoms. The first-order valence-electron chi connectivity index (χ1n) is 14.4. The van der Waals surface area contributed by atoms with Gasteiger partial charge in [-0.1, -0.05) is 13.0 Å². The number of benzene rings is 2. The highest BCUT2D eigenvalue weighted by Gasteiger charge is 2.37. The number of rotatable bonds is 8. The first kappa shape index (κ1) is 38.2. The Morgan fingerprint density at radius 3 is 1.88 bits per heavy atom. The summed E-state index contributed by atoms with van der Waals surface area (Å²) in [6.45, 7) is 5.59. The molecule has 0 amide bonds. The maximum atomic E-state index is 13.7. The lowest BCUT2D eigenvalue weighted by molar-refractivity contribution is -0.143. The molecule has 0 radical (unpaired) electrons. The van der Waals surface area contributed by atoms with Gasteiger partial charge in [-0.05, 0) is 73.9 Å². The largest absolute Gasteiger partial charge is 0.416 e. The summed E-state index contributed by atoms with van der Waals surface area (Å²) in [6.07, 6.45) is -10.3. The highest BCUT2D eigenvalue weighted by Crippen LogP contribution is 2.38. The molecule has 2 aromatic carbocycles. The van der Waals surface area contributed by atoms with E-state index in [0.717, 1.165) is 33.6 Å². The molecule has 2 aromatic heterocycles. The van der Waals surface area contributed by atoms with Gasteiger partial charge in [-0.2, -0.15) is 39.5 Å². The average molecular weight is 708 g/mol. The molecule has 4 aromatic rings. The van der Waals surface area contributed by atoms with Crippen molar-refractivity contribution in [1.29, 1.82) is 0 Å². The molecular formula is C31H34F9N7S. The number of hydrazine groups is 1. The molecule has 0 fully saturated rings. The minimum atomic E-state index is -5.11. The predicted octanol–water partition coefficient (Wildman–Crippen LogP) is 8.28. The quantitative estimate of drug-likeness (QED) is 0.0633. The molecule has 262 valence electrons. The van der Waals surface area contributed by atoms with E-state index in [9.17, 15) is 39.5 Å². The van der Waals surface area contributed by atoms with Crippen LogP contribution < -0.4 is 11.6 Å². The number of thiazole rings is 1. The van der Waals surface area contributed by atoms with Crippen molar-refractivity contribution in [3.8, 4) is 11.3 Å². The highest BCUT2D eigenvalue weighted by molar-refractivity contribution is 7.12.